The average Bonchev–Trinajstić information content (AvgIpc) is 2.53. The Morgan fingerprint density at radius 1 is 1.04 bits per heavy atom. The summed E-state index contributed by atoms with van der Waals surface area (Å²) in [5, 5.41) is 3.07. The van der Waals surface area contributed by atoms with Crippen LogP contribution in [0.3, 0.4) is 0 Å². The number of nitrogens with one attached hydrogen (secondary N) is 1. The summed E-state index contributed by atoms with van der Waals surface area (Å²) in [6.07, 6.45) is 4.82. The molecule has 0 saturated heterocycles. The molecule has 2 atom stereocenters. The molecule has 1 fully saturated rings. The first-order valence-corrected chi connectivity index (χ1v) is 9.35. The van der Waals surface area contributed by atoms with Crippen molar-refractivity contribution in [1.82, 2.24) is 10.2 Å². The third-order valence-electron chi connectivity index (χ3n) is 5.02. The van der Waals surface area contributed by atoms with E-state index >= 15 is 0 Å². The van der Waals surface area contributed by atoms with E-state index in [1.165, 1.54) is 0 Å². The van der Waals surface area contributed by atoms with Crippen LogP contribution in [0.5, 0.6) is 0 Å². The van der Waals surface area contributed by atoms with Crippen LogP contribution in [0.15, 0.2) is 0 Å². The number of nitrogens with zero attached hydrogens (tertiary/aromatic N) is 1. The van der Waals surface area contributed by atoms with E-state index in [0.29, 0.717) is 6.54 Å². The minimum absolute atomic E-state index is 0.0897. The molecule has 0 heterocycles. The van der Waals surface area contributed by atoms with E-state index in [9.17, 15) is 9.59 Å². The second-order valence-electron chi connectivity index (χ2n) is 7.78. The number of carbonyl (C=O) groups excluding carboxylic acids is 2. The Bertz CT molecular complexity index is 383. The highest BCUT2D eigenvalue weighted by atomic mass is 16.2. The van der Waals surface area contributed by atoms with Crippen LogP contribution in [0.2, 0.25) is 0 Å². The van der Waals surface area contributed by atoms with Gasteiger partial charge in [-0.3, -0.25) is 9.59 Å². The lowest BCUT2D eigenvalue weighted by atomic mass is 9.70. The molecule has 134 valence electrons. The zero-order valence-corrected chi connectivity index (χ0v) is 15.8. The number of rotatable bonds is 8. The second kappa shape index (κ2) is 9.41. The summed E-state index contributed by atoms with van der Waals surface area (Å²) in [5.74, 6) is 0.128. The lowest BCUT2D eigenvalue weighted by molar-refractivity contribution is -0.139. The van der Waals surface area contributed by atoms with Crippen LogP contribution in [0.25, 0.3) is 0 Å². The highest BCUT2D eigenvalue weighted by Gasteiger charge is 2.39. The lowest BCUT2D eigenvalue weighted by Crippen LogP contribution is -2.43. The van der Waals surface area contributed by atoms with Gasteiger partial charge in [0.1, 0.15) is 5.78 Å². The SMILES string of the molecule is CCN(CC)CCCNC(=O)C1CCCCC1C(=O)C(C)(C)C. The Balaban J connectivity index is 2.50. The van der Waals surface area contributed by atoms with Gasteiger partial charge in [0.15, 0.2) is 0 Å². The first-order chi connectivity index (χ1) is 10.8. The molecule has 0 spiro atoms. The van der Waals surface area contributed by atoms with E-state index in [2.05, 4.69) is 24.1 Å². The Hall–Kier alpha value is -0.900. The first kappa shape index (κ1) is 20.1. The topological polar surface area (TPSA) is 49.4 Å². The highest BCUT2D eigenvalue weighted by Crippen LogP contribution is 2.35. The van der Waals surface area contributed by atoms with Crippen LogP contribution in [0, 0.1) is 17.3 Å². The zero-order chi connectivity index (χ0) is 17.5. The normalized spacial score (nSPS) is 22.2. The van der Waals surface area contributed by atoms with Crippen molar-refractivity contribution in [2.24, 2.45) is 17.3 Å². The molecule has 0 aromatic heterocycles. The summed E-state index contributed by atoms with van der Waals surface area (Å²) in [6, 6.07) is 0. The Morgan fingerprint density at radius 2 is 1.61 bits per heavy atom. The number of hydrogen-bond acceptors (Lipinski definition) is 3. The highest BCUT2D eigenvalue weighted by molar-refractivity contribution is 5.91. The second-order valence-corrected chi connectivity index (χ2v) is 7.78. The molecular formula is C19H36N2O2. The van der Waals surface area contributed by atoms with E-state index in [1.54, 1.807) is 0 Å². The van der Waals surface area contributed by atoms with Crippen LogP contribution in [0.1, 0.15) is 66.7 Å². The summed E-state index contributed by atoms with van der Waals surface area (Å²) in [5.41, 5.74) is -0.358. The minimum atomic E-state index is -0.358. The van der Waals surface area contributed by atoms with Crippen LogP contribution in [-0.4, -0.2) is 42.8 Å². The molecule has 4 nitrogen and oxygen atoms in total. The maximum Gasteiger partial charge on any atom is 0.223 e. The Kier molecular flexibility index (Phi) is 8.24. The third-order valence-corrected chi connectivity index (χ3v) is 5.02. The van der Waals surface area contributed by atoms with Gasteiger partial charge < -0.3 is 10.2 Å². The van der Waals surface area contributed by atoms with Crippen LogP contribution in [-0.2, 0) is 9.59 Å². The van der Waals surface area contributed by atoms with E-state index in [4.69, 9.17) is 0 Å². The molecule has 0 radical (unpaired) electrons. The van der Waals surface area contributed by atoms with Gasteiger partial charge in [-0.2, -0.15) is 0 Å². The fraction of sp³-hybridized carbons (Fsp3) is 0.895. The van der Waals surface area contributed by atoms with Crippen LogP contribution in [0.4, 0.5) is 0 Å². The maximum absolute atomic E-state index is 12.6. The van der Waals surface area contributed by atoms with Gasteiger partial charge >= 0.3 is 0 Å². The van der Waals surface area contributed by atoms with Crippen molar-refractivity contribution in [1.29, 1.82) is 0 Å². The monoisotopic (exact) mass is 324 g/mol. The molecular weight excluding hydrogens is 288 g/mol. The van der Waals surface area contributed by atoms with E-state index < -0.39 is 0 Å². The van der Waals surface area contributed by atoms with Crippen molar-refractivity contribution in [2.45, 2.75) is 66.7 Å². The van der Waals surface area contributed by atoms with Crippen molar-refractivity contribution in [2.75, 3.05) is 26.2 Å². The molecule has 1 aliphatic rings. The molecule has 0 aromatic carbocycles. The summed E-state index contributed by atoms with van der Waals surface area (Å²) in [4.78, 5) is 27.6. The molecule has 0 aromatic rings. The van der Waals surface area contributed by atoms with Gasteiger partial charge in [0.25, 0.3) is 0 Å². The molecule has 4 heteroatoms. The molecule has 2 unspecified atom stereocenters. The maximum atomic E-state index is 12.6. The molecule has 1 N–H and O–H groups in total. The molecule has 1 rings (SSSR count). The summed E-state index contributed by atoms with van der Waals surface area (Å²) in [6.45, 7) is 14.0. The largest absolute Gasteiger partial charge is 0.356 e. The smallest absolute Gasteiger partial charge is 0.223 e. The average molecular weight is 325 g/mol. The Morgan fingerprint density at radius 3 is 2.13 bits per heavy atom. The fourth-order valence-corrected chi connectivity index (χ4v) is 3.50. The van der Waals surface area contributed by atoms with Gasteiger partial charge in [0, 0.05) is 23.8 Å². The van der Waals surface area contributed by atoms with Gasteiger partial charge in [-0.05, 0) is 38.9 Å². The summed E-state index contributed by atoms with van der Waals surface area (Å²) < 4.78 is 0. The predicted octanol–water partition coefficient (Wildman–Crippen LogP) is 3.26. The van der Waals surface area contributed by atoms with Crippen molar-refractivity contribution in [3.05, 3.63) is 0 Å². The predicted molar refractivity (Wildman–Crippen MR) is 95.3 cm³/mol. The minimum Gasteiger partial charge on any atom is -0.356 e. The van der Waals surface area contributed by atoms with E-state index in [-0.39, 0.29) is 28.9 Å². The number of ketones is 1. The number of hydrogen-bond donors (Lipinski definition) is 1. The summed E-state index contributed by atoms with van der Waals surface area (Å²) in [7, 11) is 0. The van der Waals surface area contributed by atoms with Gasteiger partial charge in [0.2, 0.25) is 5.91 Å². The van der Waals surface area contributed by atoms with E-state index in [0.717, 1.165) is 51.7 Å². The number of amides is 1. The third kappa shape index (κ3) is 6.25. The molecule has 0 aliphatic heterocycles. The zero-order valence-electron chi connectivity index (χ0n) is 15.8. The first-order valence-electron chi connectivity index (χ1n) is 9.35. The molecule has 1 saturated carbocycles. The van der Waals surface area contributed by atoms with Gasteiger partial charge in [0.05, 0.1) is 0 Å². The number of carbonyl (C=O) groups is 2. The van der Waals surface area contributed by atoms with Gasteiger partial charge in [-0.15, -0.1) is 0 Å². The van der Waals surface area contributed by atoms with Crippen molar-refractivity contribution in [3.63, 3.8) is 0 Å². The van der Waals surface area contributed by atoms with Gasteiger partial charge in [-0.1, -0.05) is 47.5 Å². The van der Waals surface area contributed by atoms with E-state index in [1.807, 2.05) is 20.8 Å². The standard InChI is InChI=1S/C19H36N2O2/c1-6-21(7-2)14-10-13-20-18(23)16-12-9-8-11-15(16)17(22)19(3,4)5/h15-16H,6-14H2,1-5H3,(H,20,23). The lowest BCUT2D eigenvalue weighted by Gasteiger charge is -2.33. The van der Waals surface area contributed by atoms with Crippen molar-refractivity contribution < 1.29 is 9.59 Å². The molecule has 0 bridgehead atoms. The van der Waals surface area contributed by atoms with Crippen molar-refractivity contribution in [3.8, 4) is 0 Å². The fourth-order valence-electron chi connectivity index (χ4n) is 3.50. The quantitative estimate of drug-likeness (QED) is 0.697. The molecule has 23 heavy (non-hydrogen) atoms. The molecule has 1 amide bonds. The number of Topliss-reactive ketones (excluding diaryl/α,β-unsaturated/α-hetero) is 1. The van der Waals surface area contributed by atoms with Crippen molar-refractivity contribution >= 4 is 11.7 Å². The summed E-state index contributed by atoms with van der Waals surface area (Å²) >= 11 is 0. The van der Waals surface area contributed by atoms with Crippen LogP contribution >= 0.6 is 0 Å². The van der Waals surface area contributed by atoms with Crippen LogP contribution < -0.4 is 5.32 Å². The Labute approximate surface area is 142 Å². The molecule has 1 aliphatic carbocycles. The van der Waals surface area contributed by atoms with Gasteiger partial charge in [-0.25, -0.2) is 0 Å².